The van der Waals surface area contributed by atoms with Gasteiger partial charge in [-0.15, -0.1) is 11.3 Å². The SMILES string of the molecule is COC(=O)c1sccc1C1(N)CCC(F)(F)CC1. The highest BCUT2D eigenvalue weighted by Crippen LogP contribution is 2.44. The Labute approximate surface area is 108 Å². The molecule has 18 heavy (non-hydrogen) atoms. The van der Waals surface area contributed by atoms with Crippen LogP contribution in [0.25, 0.3) is 0 Å². The molecule has 1 aromatic rings. The fourth-order valence-electron chi connectivity index (χ4n) is 2.28. The summed E-state index contributed by atoms with van der Waals surface area (Å²) in [5, 5.41) is 1.74. The quantitative estimate of drug-likeness (QED) is 0.844. The van der Waals surface area contributed by atoms with Crippen molar-refractivity contribution in [3.05, 3.63) is 21.9 Å². The lowest BCUT2D eigenvalue weighted by molar-refractivity contribution is -0.0514. The molecule has 1 heterocycles. The van der Waals surface area contributed by atoms with E-state index in [1.165, 1.54) is 18.4 Å². The van der Waals surface area contributed by atoms with Crippen LogP contribution in [0.5, 0.6) is 0 Å². The van der Waals surface area contributed by atoms with Gasteiger partial charge in [0, 0.05) is 18.4 Å². The normalized spacial score (nSPS) is 21.6. The fourth-order valence-corrected chi connectivity index (χ4v) is 3.20. The Bertz CT molecular complexity index is 449. The number of methoxy groups -OCH3 is 1. The number of nitrogens with two attached hydrogens (primary N) is 1. The third-order valence-corrected chi connectivity index (χ3v) is 4.34. The van der Waals surface area contributed by atoms with Gasteiger partial charge in [-0.05, 0) is 29.9 Å². The molecule has 0 bridgehead atoms. The number of hydrogen-bond acceptors (Lipinski definition) is 4. The van der Waals surface area contributed by atoms with Crippen molar-refractivity contribution in [2.45, 2.75) is 37.1 Å². The monoisotopic (exact) mass is 275 g/mol. The van der Waals surface area contributed by atoms with Gasteiger partial charge in [0.25, 0.3) is 0 Å². The maximum absolute atomic E-state index is 13.2. The summed E-state index contributed by atoms with van der Waals surface area (Å²) >= 11 is 1.23. The third kappa shape index (κ3) is 2.40. The highest BCUT2D eigenvalue weighted by atomic mass is 32.1. The van der Waals surface area contributed by atoms with Crippen molar-refractivity contribution in [1.29, 1.82) is 0 Å². The predicted octanol–water partition coefficient (Wildman–Crippen LogP) is 2.90. The molecule has 1 aliphatic carbocycles. The molecule has 100 valence electrons. The third-order valence-electron chi connectivity index (χ3n) is 3.45. The molecular formula is C12H15F2NO2S. The fraction of sp³-hybridized carbons (Fsp3) is 0.583. The van der Waals surface area contributed by atoms with Crippen molar-refractivity contribution in [1.82, 2.24) is 0 Å². The molecule has 0 aromatic carbocycles. The highest BCUT2D eigenvalue weighted by molar-refractivity contribution is 7.12. The Morgan fingerprint density at radius 3 is 2.56 bits per heavy atom. The van der Waals surface area contributed by atoms with E-state index in [4.69, 9.17) is 5.73 Å². The summed E-state index contributed by atoms with van der Waals surface area (Å²) in [7, 11) is 1.30. The Balaban J connectivity index is 2.26. The maximum atomic E-state index is 13.2. The first kappa shape index (κ1) is 13.4. The van der Waals surface area contributed by atoms with E-state index in [1.807, 2.05) is 0 Å². The van der Waals surface area contributed by atoms with E-state index in [1.54, 1.807) is 11.4 Å². The van der Waals surface area contributed by atoms with Gasteiger partial charge in [-0.3, -0.25) is 0 Å². The summed E-state index contributed by atoms with van der Waals surface area (Å²) in [4.78, 5) is 12.0. The van der Waals surface area contributed by atoms with Crippen molar-refractivity contribution in [3.8, 4) is 0 Å². The molecule has 2 rings (SSSR count). The first-order chi connectivity index (χ1) is 8.38. The minimum absolute atomic E-state index is 0.181. The van der Waals surface area contributed by atoms with E-state index in [9.17, 15) is 13.6 Å². The van der Waals surface area contributed by atoms with Gasteiger partial charge in [0.05, 0.1) is 7.11 Å². The van der Waals surface area contributed by atoms with Crippen LogP contribution in [0.2, 0.25) is 0 Å². The molecule has 0 radical (unpaired) electrons. The maximum Gasteiger partial charge on any atom is 0.348 e. The van der Waals surface area contributed by atoms with Crippen LogP contribution in [-0.4, -0.2) is 19.0 Å². The van der Waals surface area contributed by atoms with Crippen LogP contribution in [0.4, 0.5) is 8.78 Å². The summed E-state index contributed by atoms with van der Waals surface area (Å²) in [6.07, 6.45) is -0.110. The van der Waals surface area contributed by atoms with Gasteiger partial charge >= 0.3 is 5.97 Å². The zero-order valence-electron chi connectivity index (χ0n) is 10.0. The second-order valence-electron chi connectivity index (χ2n) is 4.67. The number of carbonyl (C=O) groups is 1. The number of rotatable bonds is 2. The van der Waals surface area contributed by atoms with Gasteiger partial charge in [0.1, 0.15) is 4.88 Å². The van der Waals surface area contributed by atoms with E-state index >= 15 is 0 Å². The molecule has 1 saturated carbocycles. The van der Waals surface area contributed by atoms with Crippen molar-refractivity contribution in [2.24, 2.45) is 5.73 Å². The van der Waals surface area contributed by atoms with Crippen LogP contribution in [0, 0.1) is 0 Å². The van der Waals surface area contributed by atoms with Crippen molar-refractivity contribution in [2.75, 3.05) is 7.11 Å². The van der Waals surface area contributed by atoms with E-state index in [2.05, 4.69) is 4.74 Å². The average molecular weight is 275 g/mol. The number of halogens is 2. The predicted molar refractivity (Wildman–Crippen MR) is 64.9 cm³/mol. The van der Waals surface area contributed by atoms with Crippen LogP contribution in [0.15, 0.2) is 11.4 Å². The molecule has 6 heteroatoms. The average Bonchev–Trinajstić information content (AvgIpc) is 2.82. The largest absolute Gasteiger partial charge is 0.465 e. The molecule has 0 spiro atoms. The Morgan fingerprint density at radius 2 is 2.00 bits per heavy atom. The standard InChI is InChI=1S/C12H15F2NO2S/c1-17-10(16)9-8(2-7-18-9)11(15)3-5-12(13,14)6-4-11/h2,7H,3-6,15H2,1H3. The molecule has 1 aliphatic rings. The molecule has 0 saturated heterocycles. The van der Waals surface area contributed by atoms with E-state index in [-0.39, 0.29) is 25.7 Å². The number of ether oxygens (including phenoxy) is 1. The first-order valence-corrected chi connectivity index (χ1v) is 6.59. The molecule has 1 fully saturated rings. The van der Waals surface area contributed by atoms with Gasteiger partial charge in [-0.2, -0.15) is 0 Å². The minimum atomic E-state index is -2.63. The van der Waals surface area contributed by atoms with Crippen LogP contribution < -0.4 is 5.73 Å². The summed E-state index contributed by atoms with van der Waals surface area (Å²) in [5.41, 5.74) is 6.00. The van der Waals surface area contributed by atoms with Crippen LogP contribution >= 0.6 is 11.3 Å². The van der Waals surface area contributed by atoms with Gasteiger partial charge in [0.15, 0.2) is 0 Å². The molecular weight excluding hydrogens is 260 g/mol. The number of alkyl halides is 2. The second kappa shape index (κ2) is 4.59. The Hall–Kier alpha value is -1.01. The van der Waals surface area contributed by atoms with Crippen molar-refractivity contribution in [3.63, 3.8) is 0 Å². The first-order valence-electron chi connectivity index (χ1n) is 5.71. The lowest BCUT2D eigenvalue weighted by Gasteiger charge is -2.37. The molecule has 2 N–H and O–H groups in total. The molecule has 0 atom stereocenters. The molecule has 0 unspecified atom stereocenters. The van der Waals surface area contributed by atoms with Crippen molar-refractivity contribution < 1.29 is 18.3 Å². The van der Waals surface area contributed by atoms with Gasteiger partial charge in [-0.25, -0.2) is 13.6 Å². The molecule has 3 nitrogen and oxygen atoms in total. The number of carbonyl (C=O) groups excluding carboxylic acids is 1. The molecule has 0 aliphatic heterocycles. The number of hydrogen-bond donors (Lipinski definition) is 1. The zero-order valence-corrected chi connectivity index (χ0v) is 10.9. The second-order valence-corrected chi connectivity index (χ2v) is 5.58. The van der Waals surface area contributed by atoms with Gasteiger partial charge in [0.2, 0.25) is 5.92 Å². The lowest BCUT2D eigenvalue weighted by atomic mass is 9.76. The Kier molecular flexibility index (Phi) is 3.42. The van der Waals surface area contributed by atoms with E-state index in [0.29, 0.717) is 10.4 Å². The summed E-state index contributed by atoms with van der Waals surface area (Å²) in [5.74, 6) is -3.09. The van der Waals surface area contributed by atoms with Crippen LogP contribution in [0.1, 0.15) is 40.9 Å². The topological polar surface area (TPSA) is 52.3 Å². The highest BCUT2D eigenvalue weighted by Gasteiger charge is 2.43. The number of thiophene rings is 1. The van der Waals surface area contributed by atoms with Crippen LogP contribution in [0.3, 0.4) is 0 Å². The Morgan fingerprint density at radius 1 is 1.39 bits per heavy atom. The van der Waals surface area contributed by atoms with E-state index in [0.717, 1.165) is 0 Å². The van der Waals surface area contributed by atoms with Crippen molar-refractivity contribution >= 4 is 17.3 Å². The van der Waals surface area contributed by atoms with E-state index < -0.39 is 17.4 Å². The summed E-state index contributed by atoms with van der Waals surface area (Å²) in [6, 6.07) is 1.74. The van der Waals surface area contributed by atoms with Gasteiger partial charge < -0.3 is 10.5 Å². The zero-order chi connectivity index (χ0) is 13.4. The lowest BCUT2D eigenvalue weighted by Crippen LogP contribution is -2.44. The number of esters is 1. The van der Waals surface area contributed by atoms with Gasteiger partial charge in [-0.1, -0.05) is 0 Å². The minimum Gasteiger partial charge on any atom is -0.465 e. The molecule has 1 aromatic heterocycles. The van der Waals surface area contributed by atoms with Crippen LogP contribution in [-0.2, 0) is 10.3 Å². The molecule has 0 amide bonds. The smallest absolute Gasteiger partial charge is 0.348 e. The summed E-state index contributed by atoms with van der Waals surface area (Å²) in [6.45, 7) is 0. The summed E-state index contributed by atoms with van der Waals surface area (Å²) < 4.78 is 31.0.